The van der Waals surface area contributed by atoms with E-state index in [4.69, 9.17) is 4.74 Å². The number of aromatic nitrogens is 2. The minimum Gasteiger partial charge on any atom is -0.439 e. The predicted molar refractivity (Wildman–Crippen MR) is 95.9 cm³/mol. The number of carbonyl (C=O) groups is 1. The lowest BCUT2D eigenvalue weighted by Gasteiger charge is -2.17. The minimum absolute atomic E-state index is 0.372. The van der Waals surface area contributed by atoms with Crippen LogP contribution in [-0.4, -0.2) is 16.1 Å². The van der Waals surface area contributed by atoms with Gasteiger partial charge in [0.05, 0.1) is 6.20 Å². The van der Waals surface area contributed by atoms with Crippen molar-refractivity contribution in [2.24, 2.45) is 0 Å². The van der Waals surface area contributed by atoms with Crippen LogP contribution in [0, 0.1) is 23.5 Å². The molecular weight excluding hydrogens is 364 g/mol. The van der Waals surface area contributed by atoms with E-state index in [1.165, 1.54) is 24.4 Å². The molecule has 0 aliphatic carbocycles. The first-order valence-electron chi connectivity index (χ1n) is 8.38. The molecular formula is C21H13F2N3O2. The van der Waals surface area contributed by atoms with Crippen molar-refractivity contribution in [3.8, 4) is 11.8 Å². The summed E-state index contributed by atoms with van der Waals surface area (Å²) in [6.45, 7) is 0. The molecule has 3 heterocycles. The summed E-state index contributed by atoms with van der Waals surface area (Å²) >= 11 is 0. The lowest BCUT2D eigenvalue weighted by Crippen LogP contribution is -2.19. The zero-order chi connectivity index (χ0) is 19.5. The number of amides is 1. The molecule has 0 radical (unpaired) electrons. The number of hydrogen-bond acceptors (Lipinski definition) is 4. The Morgan fingerprint density at radius 3 is 2.25 bits per heavy atom. The van der Waals surface area contributed by atoms with E-state index in [9.17, 15) is 13.6 Å². The maximum atomic E-state index is 13.2. The van der Waals surface area contributed by atoms with E-state index in [-0.39, 0.29) is 5.82 Å². The molecule has 0 bridgehead atoms. The molecule has 5 nitrogen and oxygen atoms in total. The van der Waals surface area contributed by atoms with Crippen molar-refractivity contribution < 1.29 is 18.3 Å². The van der Waals surface area contributed by atoms with Crippen LogP contribution in [0.3, 0.4) is 0 Å². The van der Waals surface area contributed by atoms with Gasteiger partial charge in [-0.3, -0.25) is 9.97 Å². The number of ether oxygens (including phenoxy) is 1. The van der Waals surface area contributed by atoms with Crippen LogP contribution in [0.15, 0.2) is 61.2 Å². The number of pyridine rings is 2. The number of hydrogen-bond donors (Lipinski definition) is 1. The van der Waals surface area contributed by atoms with Crippen molar-refractivity contribution in [1.82, 2.24) is 15.3 Å². The normalized spacial score (nSPS) is 18.0. The summed E-state index contributed by atoms with van der Waals surface area (Å²) in [5, 5.41) is 2.74. The molecule has 0 saturated carbocycles. The van der Waals surface area contributed by atoms with Gasteiger partial charge in [0.1, 0.15) is 17.7 Å². The zero-order valence-corrected chi connectivity index (χ0v) is 14.4. The summed E-state index contributed by atoms with van der Waals surface area (Å²) in [7, 11) is 0. The van der Waals surface area contributed by atoms with E-state index in [1.54, 1.807) is 30.6 Å². The number of benzene rings is 1. The molecule has 0 spiro atoms. The van der Waals surface area contributed by atoms with Crippen LogP contribution in [0.2, 0.25) is 0 Å². The van der Waals surface area contributed by atoms with Crippen LogP contribution in [-0.2, 0) is 4.74 Å². The molecule has 4 rings (SSSR count). The van der Waals surface area contributed by atoms with Crippen molar-refractivity contribution in [3.63, 3.8) is 0 Å². The first-order chi connectivity index (χ1) is 13.6. The topological polar surface area (TPSA) is 64.1 Å². The SMILES string of the molecule is O=C1N[C@@H](c2cncc(C#Cc3cncc(F)c3)c2)[C@H](c2ccc(F)cc2)O1. The van der Waals surface area contributed by atoms with Gasteiger partial charge < -0.3 is 10.1 Å². The van der Waals surface area contributed by atoms with Gasteiger partial charge in [0.25, 0.3) is 0 Å². The molecule has 2 aromatic heterocycles. The second-order valence-electron chi connectivity index (χ2n) is 6.15. The third-order valence-electron chi connectivity index (χ3n) is 4.18. The minimum atomic E-state index is -0.620. The van der Waals surface area contributed by atoms with E-state index in [2.05, 4.69) is 27.1 Å². The highest BCUT2D eigenvalue weighted by molar-refractivity contribution is 5.71. The molecule has 3 aromatic rings. The van der Waals surface area contributed by atoms with Gasteiger partial charge in [-0.05, 0) is 35.4 Å². The zero-order valence-electron chi connectivity index (χ0n) is 14.4. The molecule has 1 saturated heterocycles. The Bertz CT molecular complexity index is 1090. The summed E-state index contributed by atoms with van der Waals surface area (Å²) in [6, 6.07) is 8.32. The van der Waals surface area contributed by atoms with Crippen molar-refractivity contribution in [2.45, 2.75) is 12.1 Å². The predicted octanol–water partition coefficient (Wildman–Crippen LogP) is 3.68. The first-order valence-corrected chi connectivity index (χ1v) is 8.38. The molecule has 1 aliphatic heterocycles. The maximum absolute atomic E-state index is 13.2. The van der Waals surface area contributed by atoms with E-state index in [0.717, 1.165) is 6.20 Å². The third-order valence-corrected chi connectivity index (χ3v) is 4.18. The van der Waals surface area contributed by atoms with Gasteiger partial charge >= 0.3 is 6.09 Å². The van der Waals surface area contributed by atoms with Gasteiger partial charge in [-0.25, -0.2) is 13.6 Å². The Morgan fingerprint density at radius 2 is 1.54 bits per heavy atom. The molecule has 0 unspecified atom stereocenters. The van der Waals surface area contributed by atoms with Crippen molar-refractivity contribution in [3.05, 3.63) is 95.1 Å². The van der Waals surface area contributed by atoms with Gasteiger partial charge in [-0.2, -0.15) is 0 Å². The Morgan fingerprint density at radius 1 is 0.857 bits per heavy atom. The van der Waals surface area contributed by atoms with Crippen molar-refractivity contribution in [2.75, 3.05) is 0 Å². The number of alkyl carbamates (subject to hydrolysis) is 1. The molecule has 1 amide bonds. The third kappa shape index (κ3) is 3.81. The highest BCUT2D eigenvalue weighted by Crippen LogP contribution is 2.36. The average molecular weight is 377 g/mol. The fraction of sp³-hybridized carbons (Fsp3) is 0.0952. The number of rotatable bonds is 2. The van der Waals surface area contributed by atoms with Gasteiger partial charge in [0.15, 0.2) is 6.10 Å². The van der Waals surface area contributed by atoms with Gasteiger partial charge in [-0.1, -0.05) is 24.0 Å². The summed E-state index contributed by atoms with van der Waals surface area (Å²) in [6.07, 6.45) is 4.54. The van der Waals surface area contributed by atoms with Gasteiger partial charge in [0.2, 0.25) is 0 Å². The first kappa shape index (κ1) is 17.6. The lowest BCUT2D eigenvalue weighted by atomic mass is 9.97. The molecule has 28 heavy (non-hydrogen) atoms. The van der Waals surface area contributed by atoms with E-state index in [1.807, 2.05) is 0 Å². The Hall–Kier alpha value is -3.79. The van der Waals surface area contributed by atoms with Crippen LogP contribution in [0.5, 0.6) is 0 Å². The summed E-state index contributed by atoms with van der Waals surface area (Å²) in [4.78, 5) is 19.7. The Balaban J connectivity index is 1.63. The summed E-state index contributed by atoms with van der Waals surface area (Å²) in [5.41, 5.74) is 2.37. The molecule has 7 heteroatoms. The van der Waals surface area contributed by atoms with E-state index < -0.39 is 24.1 Å². The summed E-state index contributed by atoms with van der Waals surface area (Å²) < 4.78 is 31.8. The second kappa shape index (κ2) is 7.45. The number of cyclic esters (lactones) is 1. The Labute approximate surface area is 159 Å². The van der Waals surface area contributed by atoms with Crippen LogP contribution in [0.1, 0.15) is 34.4 Å². The molecule has 1 fully saturated rings. The highest BCUT2D eigenvalue weighted by atomic mass is 19.1. The van der Waals surface area contributed by atoms with Gasteiger partial charge in [-0.15, -0.1) is 0 Å². The standard InChI is InChI=1S/C21H13F2N3O2/c22-17-5-3-15(4-6-17)20-19(26-21(27)28-20)16-7-13(9-24-11-16)1-2-14-8-18(23)12-25-10-14/h3-12,19-20H,(H,26,27)/t19-,20-/m0/s1. The van der Waals surface area contributed by atoms with Crippen LogP contribution in [0.25, 0.3) is 0 Å². The number of nitrogens with one attached hydrogen (secondary N) is 1. The largest absolute Gasteiger partial charge is 0.439 e. The lowest BCUT2D eigenvalue weighted by molar-refractivity contribution is 0.132. The number of halogens is 2. The molecule has 1 aliphatic rings. The van der Waals surface area contributed by atoms with Crippen molar-refractivity contribution in [1.29, 1.82) is 0 Å². The smallest absolute Gasteiger partial charge is 0.408 e. The molecule has 1 N–H and O–H groups in total. The monoisotopic (exact) mass is 377 g/mol. The van der Waals surface area contributed by atoms with Crippen LogP contribution in [0.4, 0.5) is 13.6 Å². The maximum Gasteiger partial charge on any atom is 0.408 e. The fourth-order valence-electron chi connectivity index (χ4n) is 2.91. The second-order valence-corrected chi connectivity index (χ2v) is 6.15. The number of carbonyl (C=O) groups excluding carboxylic acids is 1. The fourth-order valence-corrected chi connectivity index (χ4v) is 2.91. The highest BCUT2D eigenvalue weighted by Gasteiger charge is 2.36. The average Bonchev–Trinajstić information content (AvgIpc) is 3.09. The van der Waals surface area contributed by atoms with Crippen LogP contribution < -0.4 is 5.32 Å². The quantitative estimate of drug-likeness (QED) is 0.692. The van der Waals surface area contributed by atoms with Crippen molar-refractivity contribution >= 4 is 6.09 Å². The Kier molecular flexibility index (Phi) is 4.68. The molecule has 1 aromatic carbocycles. The summed E-state index contributed by atoms with van der Waals surface area (Å²) in [5.74, 6) is 4.89. The van der Waals surface area contributed by atoms with E-state index in [0.29, 0.717) is 22.3 Å². The van der Waals surface area contributed by atoms with Crippen LogP contribution >= 0.6 is 0 Å². The molecule has 2 atom stereocenters. The number of nitrogens with zero attached hydrogens (tertiary/aromatic N) is 2. The molecule has 138 valence electrons. The van der Waals surface area contributed by atoms with Gasteiger partial charge in [0, 0.05) is 29.7 Å². The van der Waals surface area contributed by atoms with E-state index >= 15 is 0 Å².